The predicted octanol–water partition coefficient (Wildman–Crippen LogP) is 4.10. The SMILES string of the molecule is C/C=C(\C)CCCCNC(=O)NCCCCC.[HH].[HH]. The molecule has 0 aromatic heterocycles. The standard InChI is InChI=1S/C14H28N2O.2H2/c1-4-6-8-11-15-14(17)16-12-9-7-10-13(3)5-2;;/h5H,4,6-12H2,1-3H3,(H2,15,16,17);2*1H/b13-5+;;. The van der Waals surface area contributed by atoms with Crippen LogP contribution >= 0.6 is 0 Å². The summed E-state index contributed by atoms with van der Waals surface area (Å²) >= 11 is 0. The van der Waals surface area contributed by atoms with E-state index in [2.05, 4.69) is 37.5 Å². The zero-order chi connectivity index (χ0) is 12.9. The van der Waals surface area contributed by atoms with E-state index in [1.807, 2.05) is 0 Å². The minimum absolute atomic E-state index is 0. The molecule has 0 atom stereocenters. The Morgan fingerprint density at radius 2 is 1.71 bits per heavy atom. The van der Waals surface area contributed by atoms with E-state index < -0.39 is 0 Å². The summed E-state index contributed by atoms with van der Waals surface area (Å²) in [5, 5.41) is 5.75. The summed E-state index contributed by atoms with van der Waals surface area (Å²) in [6.45, 7) is 7.94. The summed E-state index contributed by atoms with van der Waals surface area (Å²) in [5.41, 5.74) is 1.43. The molecule has 0 rings (SSSR count). The molecule has 0 aliphatic rings. The number of hydrogen-bond donors (Lipinski definition) is 2. The van der Waals surface area contributed by atoms with Crippen molar-refractivity contribution < 1.29 is 7.65 Å². The van der Waals surface area contributed by atoms with Gasteiger partial charge in [0, 0.05) is 15.9 Å². The van der Waals surface area contributed by atoms with Gasteiger partial charge in [0.15, 0.2) is 0 Å². The third kappa shape index (κ3) is 11.3. The lowest BCUT2D eigenvalue weighted by molar-refractivity contribution is 0.240. The van der Waals surface area contributed by atoms with Crippen LogP contribution in [0.1, 0.15) is 62.1 Å². The molecule has 2 N–H and O–H groups in total. The van der Waals surface area contributed by atoms with Gasteiger partial charge in [-0.15, -0.1) is 0 Å². The Hall–Kier alpha value is -0.990. The van der Waals surface area contributed by atoms with E-state index in [0.29, 0.717) is 0 Å². The molecule has 0 fully saturated rings. The Balaban J connectivity index is -0.00000128. The van der Waals surface area contributed by atoms with Crippen molar-refractivity contribution in [3.8, 4) is 0 Å². The van der Waals surface area contributed by atoms with Gasteiger partial charge in [0.05, 0.1) is 0 Å². The number of hydrogen-bond acceptors (Lipinski definition) is 1. The monoisotopic (exact) mass is 244 g/mol. The molecule has 0 bridgehead atoms. The van der Waals surface area contributed by atoms with E-state index in [1.54, 1.807) is 0 Å². The highest BCUT2D eigenvalue weighted by Gasteiger charge is 1.98. The van der Waals surface area contributed by atoms with Crippen LogP contribution in [0.25, 0.3) is 0 Å². The van der Waals surface area contributed by atoms with Gasteiger partial charge in [0.2, 0.25) is 0 Å². The Bertz CT molecular complexity index is 233. The minimum Gasteiger partial charge on any atom is -0.338 e. The predicted molar refractivity (Wildman–Crippen MR) is 78.4 cm³/mol. The van der Waals surface area contributed by atoms with Gasteiger partial charge < -0.3 is 10.6 Å². The van der Waals surface area contributed by atoms with Crippen LogP contribution < -0.4 is 10.6 Å². The first kappa shape index (κ1) is 16.0. The fourth-order valence-corrected chi connectivity index (χ4v) is 1.51. The number of carbonyl (C=O) groups excluding carboxylic acids is 1. The van der Waals surface area contributed by atoms with Crippen molar-refractivity contribution in [2.45, 2.75) is 59.3 Å². The van der Waals surface area contributed by atoms with Crippen LogP contribution in [0, 0.1) is 0 Å². The number of rotatable bonds is 9. The second-order valence-corrected chi connectivity index (χ2v) is 4.48. The zero-order valence-corrected chi connectivity index (χ0v) is 11.6. The minimum atomic E-state index is -0.0242. The van der Waals surface area contributed by atoms with Gasteiger partial charge in [-0.05, 0) is 39.5 Å². The Labute approximate surface area is 109 Å². The maximum Gasteiger partial charge on any atom is 0.314 e. The molecule has 0 saturated heterocycles. The molecule has 3 nitrogen and oxygen atoms in total. The lowest BCUT2D eigenvalue weighted by atomic mass is 10.1. The first-order valence-electron chi connectivity index (χ1n) is 6.84. The van der Waals surface area contributed by atoms with Crippen molar-refractivity contribution >= 4 is 6.03 Å². The highest BCUT2D eigenvalue weighted by Crippen LogP contribution is 2.04. The van der Waals surface area contributed by atoms with Gasteiger partial charge in [-0.3, -0.25) is 0 Å². The molecule has 0 aliphatic heterocycles. The molecule has 0 radical (unpaired) electrons. The van der Waals surface area contributed by atoms with E-state index >= 15 is 0 Å². The summed E-state index contributed by atoms with van der Waals surface area (Å²) < 4.78 is 0. The summed E-state index contributed by atoms with van der Waals surface area (Å²) in [6, 6.07) is -0.0242. The van der Waals surface area contributed by atoms with Crippen LogP contribution in [-0.2, 0) is 0 Å². The normalized spacial score (nSPS) is 11.4. The third-order valence-corrected chi connectivity index (χ3v) is 2.84. The Morgan fingerprint density at radius 1 is 1.12 bits per heavy atom. The molecule has 0 aliphatic carbocycles. The van der Waals surface area contributed by atoms with Gasteiger partial charge in [-0.2, -0.15) is 0 Å². The number of nitrogens with one attached hydrogen (secondary N) is 2. The summed E-state index contributed by atoms with van der Waals surface area (Å²) in [4.78, 5) is 11.3. The van der Waals surface area contributed by atoms with E-state index in [1.165, 1.54) is 18.4 Å². The smallest absolute Gasteiger partial charge is 0.314 e. The molecule has 0 unspecified atom stereocenters. The Kier molecular flexibility index (Phi) is 10.8. The topological polar surface area (TPSA) is 41.1 Å². The summed E-state index contributed by atoms with van der Waals surface area (Å²) in [5.74, 6) is 0. The van der Waals surface area contributed by atoms with Crippen LogP contribution in [0.3, 0.4) is 0 Å². The quantitative estimate of drug-likeness (QED) is 0.465. The number of unbranched alkanes of at least 4 members (excludes halogenated alkanes) is 3. The average molecular weight is 244 g/mol. The number of amides is 2. The second-order valence-electron chi connectivity index (χ2n) is 4.48. The second kappa shape index (κ2) is 11.5. The van der Waals surface area contributed by atoms with Crippen LogP contribution in [0.2, 0.25) is 0 Å². The average Bonchev–Trinajstić information content (AvgIpc) is 2.34. The first-order valence-corrected chi connectivity index (χ1v) is 6.84. The molecular weight excluding hydrogens is 212 g/mol. The number of allylic oxidation sites excluding steroid dienone is 2. The summed E-state index contributed by atoms with van der Waals surface area (Å²) in [6.07, 6.45) is 8.92. The van der Waals surface area contributed by atoms with Gasteiger partial charge in [0.25, 0.3) is 0 Å². The van der Waals surface area contributed by atoms with Crippen LogP contribution in [0.5, 0.6) is 0 Å². The van der Waals surface area contributed by atoms with Crippen molar-refractivity contribution in [3.63, 3.8) is 0 Å². The van der Waals surface area contributed by atoms with Gasteiger partial charge >= 0.3 is 6.03 Å². The van der Waals surface area contributed by atoms with E-state index in [4.69, 9.17) is 0 Å². The molecular formula is C14H32N2O. The van der Waals surface area contributed by atoms with Crippen LogP contribution in [0.15, 0.2) is 11.6 Å². The van der Waals surface area contributed by atoms with Crippen molar-refractivity contribution in [2.24, 2.45) is 0 Å². The molecule has 0 aromatic rings. The molecule has 0 spiro atoms. The lowest BCUT2D eigenvalue weighted by Crippen LogP contribution is -2.36. The largest absolute Gasteiger partial charge is 0.338 e. The highest BCUT2D eigenvalue weighted by molar-refractivity contribution is 5.73. The zero-order valence-electron chi connectivity index (χ0n) is 11.6. The number of urea groups is 1. The maximum atomic E-state index is 11.3. The first-order chi connectivity index (χ1) is 8.20. The van der Waals surface area contributed by atoms with E-state index in [-0.39, 0.29) is 8.88 Å². The molecule has 0 heterocycles. The van der Waals surface area contributed by atoms with Crippen molar-refractivity contribution in [1.29, 1.82) is 0 Å². The lowest BCUT2D eigenvalue weighted by Gasteiger charge is -2.07. The van der Waals surface area contributed by atoms with Gasteiger partial charge in [0.1, 0.15) is 0 Å². The molecule has 17 heavy (non-hydrogen) atoms. The van der Waals surface area contributed by atoms with Crippen LogP contribution in [0.4, 0.5) is 4.79 Å². The highest BCUT2D eigenvalue weighted by atomic mass is 16.2. The fraction of sp³-hybridized carbons (Fsp3) is 0.786. The maximum absolute atomic E-state index is 11.3. The van der Waals surface area contributed by atoms with E-state index in [0.717, 1.165) is 38.8 Å². The van der Waals surface area contributed by atoms with Crippen LogP contribution in [-0.4, -0.2) is 19.1 Å². The van der Waals surface area contributed by atoms with Crippen molar-refractivity contribution in [3.05, 3.63) is 11.6 Å². The fourth-order valence-electron chi connectivity index (χ4n) is 1.51. The Morgan fingerprint density at radius 3 is 2.24 bits per heavy atom. The molecule has 2 amide bonds. The number of carbonyl (C=O) groups is 1. The van der Waals surface area contributed by atoms with Crippen molar-refractivity contribution in [2.75, 3.05) is 13.1 Å². The summed E-state index contributed by atoms with van der Waals surface area (Å²) in [7, 11) is 0. The van der Waals surface area contributed by atoms with Gasteiger partial charge in [-0.1, -0.05) is 31.4 Å². The molecule has 0 aromatic carbocycles. The molecule has 104 valence electrons. The third-order valence-electron chi connectivity index (χ3n) is 2.84. The van der Waals surface area contributed by atoms with Gasteiger partial charge in [-0.25, -0.2) is 4.79 Å². The van der Waals surface area contributed by atoms with Crippen molar-refractivity contribution in [1.82, 2.24) is 10.6 Å². The molecule has 0 saturated carbocycles. The van der Waals surface area contributed by atoms with E-state index in [9.17, 15) is 4.79 Å². The molecule has 3 heteroatoms.